The molecule has 9 nitrogen and oxygen atoms in total. The van der Waals surface area contributed by atoms with Crippen molar-refractivity contribution in [3.05, 3.63) is 24.3 Å². The molecule has 0 radical (unpaired) electrons. The number of carboxylic acids is 1. The van der Waals surface area contributed by atoms with Gasteiger partial charge in [-0.2, -0.15) is 0 Å². The number of esters is 1. The molecule has 2 aliphatic rings. The predicted octanol–water partition coefficient (Wildman–Crippen LogP) is 2.34. The van der Waals surface area contributed by atoms with Crippen LogP contribution in [-0.4, -0.2) is 67.9 Å². The highest BCUT2D eigenvalue weighted by Crippen LogP contribution is 2.31. The monoisotopic (exact) mass is 475 g/mol. The van der Waals surface area contributed by atoms with E-state index in [2.05, 4.69) is 10.6 Å². The summed E-state index contributed by atoms with van der Waals surface area (Å²) in [6, 6.07) is 5.32. The molecule has 2 atom stereocenters. The van der Waals surface area contributed by atoms with Crippen LogP contribution in [0.25, 0.3) is 0 Å². The van der Waals surface area contributed by atoms with Crippen LogP contribution in [0.1, 0.15) is 51.9 Å². The summed E-state index contributed by atoms with van der Waals surface area (Å²) in [5, 5.41) is 15.9. The number of carbonyl (C=O) groups excluding carboxylic acids is 2. The number of nitrogens with zero attached hydrogens (tertiary/aromatic N) is 1. The minimum atomic E-state index is -1.13. The zero-order valence-electron chi connectivity index (χ0n) is 20.0. The third kappa shape index (κ3) is 7.43. The molecule has 0 aromatic heterocycles. The SMILES string of the molecule is CCOC(=O)[C@H](CCCCCC1CCNCC1)NC1COc2ccccc2N(CC(=O)O)C1=O. The van der Waals surface area contributed by atoms with Crippen molar-refractivity contribution in [2.45, 2.75) is 64.0 Å². The van der Waals surface area contributed by atoms with E-state index in [9.17, 15) is 19.5 Å². The average molecular weight is 476 g/mol. The molecular weight excluding hydrogens is 438 g/mol. The van der Waals surface area contributed by atoms with Gasteiger partial charge in [-0.1, -0.05) is 37.8 Å². The Morgan fingerprint density at radius 3 is 2.74 bits per heavy atom. The van der Waals surface area contributed by atoms with Gasteiger partial charge in [-0.15, -0.1) is 0 Å². The summed E-state index contributed by atoms with van der Waals surface area (Å²) >= 11 is 0. The second-order valence-corrected chi connectivity index (χ2v) is 8.95. The first-order valence-corrected chi connectivity index (χ1v) is 12.4. The summed E-state index contributed by atoms with van der Waals surface area (Å²) < 4.78 is 11.1. The Morgan fingerprint density at radius 2 is 2.00 bits per heavy atom. The number of nitrogens with one attached hydrogen (secondary N) is 2. The van der Waals surface area contributed by atoms with Crippen LogP contribution in [0.2, 0.25) is 0 Å². The van der Waals surface area contributed by atoms with E-state index >= 15 is 0 Å². The average Bonchev–Trinajstić information content (AvgIpc) is 2.96. The van der Waals surface area contributed by atoms with Crippen molar-refractivity contribution in [2.75, 3.05) is 37.7 Å². The Balaban J connectivity index is 1.60. The van der Waals surface area contributed by atoms with Gasteiger partial charge in [-0.05, 0) is 57.3 Å². The normalized spacial score (nSPS) is 19.6. The Labute approximate surface area is 201 Å². The molecule has 0 aliphatic carbocycles. The highest BCUT2D eigenvalue weighted by Gasteiger charge is 2.35. The van der Waals surface area contributed by atoms with E-state index in [-0.39, 0.29) is 13.2 Å². The first kappa shape index (κ1) is 26.0. The molecule has 3 rings (SSSR count). The van der Waals surface area contributed by atoms with E-state index in [4.69, 9.17) is 9.47 Å². The summed E-state index contributed by atoms with van der Waals surface area (Å²) in [6.45, 7) is 3.70. The van der Waals surface area contributed by atoms with Crippen LogP contribution in [0.3, 0.4) is 0 Å². The third-order valence-corrected chi connectivity index (χ3v) is 6.46. The van der Waals surface area contributed by atoms with Crippen LogP contribution in [-0.2, 0) is 19.1 Å². The predicted molar refractivity (Wildman–Crippen MR) is 128 cm³/mol. The van der Waals surface area contributed by atoms with Crippen molar-refractivity contribution in [2.24, 2.45) is 5.92 Å². The topological polar surface area (TPSA) is 117 Å². The van der Waals surface area contributed by atoms with Crippen molar-refractivity contribution in [3.63, 3.8) is 0 Å². The number of fused-ring (bicyclic) bond motifs is 1. The van der Waals surface area contributed by atoms with Crippen LogP contribution in [0.15, 0.2) is 24.3 Å². The molecule has 1 aromatic rings. The number of aliphatic carboxylic acids is 1. The summed E-state index contributed by atoms with van der Waals surface area (Å²) in [7, 11) is 0. The fourth-order valence-corrected chi connectivity index (χ4v) is 4.65. The maximum atomic E-state index is 13.3. The Morgan fingerprint density at radius 1 is 1.24 bits per heavy atom. The van der Waals surface area contributed by atoms with Crippen LogP contribution in [0.4, 0.5) is 5.69 Å². The molecule has 2 heterocycles. The minimum absolute atomic E-state index is 0.00239. The number of para-hydroxylation sites is 2. The van der Waals surface area contributed by atoms with E-state index < -0.39 is 36.5 Å². The van der Waals surface area contributed by atoms with Crippen molar-refractivity contribution in [3.8, 4) is 5.75 Å². The van der Waals surface area contributed by atoms with Crippen molar-refractivity contribution in [1.82, 2.24) is 10.6 Å². The quantitative estimate of drug-likeness (QED) is 0.312. The van der Waals surface area contributed by atoms with Gasteiger partial charge in [0, 0.05) is 0 Å². The largest absolute Gasteiger partial charge is 0.489 e. The van der Waals surface area contributed by atoms with Crippen LogP contribution in [0.5, 0.6) is 5.75 Å². The van der Waals surface area contributed by atoms with Gasteiger partial charge in [-0.25, -0.2) is 0 Å². The molecule has 1 fully saturated rings. The summed E-state index contributed by atoms with van der Waals surface area (Å²) in [6.07, 6.45) is 7.16. The standard InChI is InChI=1S/C25H37N3O6/c1-2-33-25(32)19(9-5-3-4-8-18-12-14-26-15-13-18)27-20-17-34-22-11-7-6-10-21(22)28(24(20)31)16-23(29)30/h6-7,10-11,18-20,26-27H,2-5,8-9,12-17H2,1H3,(H,29,30)/t19-,20?/m0/s1. The highest BCUT2D eigenvalue weighted by atomic mass is 16.5. The number of carboxylic acid groups (broad SMARTS) is 1. The first-order valence-electron chi connectivity index (χ1n) is 12.4. The number of benzene rings is 1. The molecule has 0 bridgehead atoms. The van der Waals surface area contributed by atoms with Crippen molar-refractivity contribution < 1.29 is 29.0 Å². The highest BCUT2D eigenvalue weighted by molar-refractivity contribution is 6.02. The van der Waals surface area contributed by atoms with Crippen LogP contribution < -0.4 is 20.3 Å². The lowest BCUT2D eigenvalue weighted by Gasteiger charge is -2.26. The van der Waals surface area contributed by atoms with E-state index in [0.717, 1.165) is 38.3 Å². The lowest BCUT2D eigenvalue weighted by atomic mass is 9.92. The van der Waals surface area contributed by atoms with E-state index in [1.807, 2.05) is 0 Å². The number of hydrogen-bond donors (Lipinski definition) is 3. The number of unbranched alkanes of at least 4 members (excludes halogenated alkanes) is 2. The summed E-state index contributed by atoms with van der Waals surface area (Å²) in [5.41, 5.74) is 0.407. The molecule has 2 aliphatic heterocycles. The third-order valence-electron chi connectivity index (χ3n) is 6.46. The van der Waals surface area contributed by atoms with E-state index in [1.54, 1.807) is 31.2 Å². The number of carbonyl (C=O) groups is 3. The number of anilines is 1. The maximum absolute atomic E-state index is 13.3. The van der Waals surface area contributed by atoms with Crippen molar-refractivity contribution in [1.29, 1.82) is 0 Å². The van der Waals surface area contributed by atoms with Gasteiger partial charge in [0.15, 0.2) is 0 Å². The second kappa shape index (κ2) is 13.3. The van der Waals surface area contributed by atoms with Gasteiger partial charge in [0.2, 0.25) is 5.91 Å². The molecule has 3 N–H and O–H groups in total. The number of rotatable bonds is 12. The van der Waals surface area contributed by atoms with Gasteiger partial charge < -0.3 is 19.9 Å². The van der Waals surface area contributed by atoms with Crippen molar-refractivity contribution >= 4 is 23.5 Å². The van der Waals surface area contributed by atoms with E-state index in [0.29, 0.717) is 17.9 Å². The van der Waals surface area contributed by atoms with Crippen LogP contribution >= 0.6 is 0 Å². The molecular formula is C25H37N3O6. The Hall–Kier alpha value is -2.65. The van der Waals surface area contributed by atoms with Gasteiger partial charge in [0.1, 0.15) is 31.0 Å². The Kier molecular flexibility index (Phi) is 10.2. The number of amides is 1. The van der Waals surface area contributed by atoms with Gasteiger partial charge in [0.25, 0.3) is 0 Å². The summed E-state index contributed by atoms with van der Waals surface area (Å²) in [4.78, 5) is 38.6. The van der Waals surface area contributed by atoms with Gasteiger partial charge >= 0.3 is 11.9 Å². The van der Waals surface area contributed by atoms with Gasteiger partial charge in [-0.3, -0.25) is 24.6 Å². The minimum Gasteiger partial charge on any atom is -0.489 e. The summed E-state index contributed by atoms with van der Waals surface area (Å²) in [5.74, 6) is -0.748. The second-order valence-electron chi connectivity index (χ2n) is 8.95. The molecule has 188 valence electrons. The molecule has 0 spiro atoms. The molecule has 1 amide bonds. The van der Waals surface area contributed by atoms with Crippen LogP contribution in [0, 0.1) is 5.92 Å². The van der Waals surface area contributed by atoms with E-state index in [1.165, 1.54) is 24.2 Å². The molecule has 0 saturated carbocycles. The maximum Gasteiger partial charge on any atom is 0.323 e. The molecule has 9 heteroatoms. The lowest BCUT2D eigenvalue weighted by Crippen LogP contribution is -2.54. The Bertz CT molecular complexity index is 827. The zero-order valence-corrected chi connectivity index (χ0v) is 20.0. The number of piperidine rings is 1. The zero-order chi connectivity index (χ0) is 24.3. The molecule has 34 heavy (non-hydrogen) atoms. The lowest BCUT2D eigenvalue weighted by molar-refractivity contribution is -0.146. The fraction of sp³-hybridized carbons (Fsp3) is 0.640. The molecule has 1 aromatic carbocycles. The number of hydrogen-bond acceptors (Lipinski definition) is 7. The first-order chi connectivity index (χ1) is 16.5. The molecule has 1 saturated heterocycles. The fourth-order valence-electron chi connectivity index (χ4n) is 4.65. The smallest absolute Gasteiger partial charge is 0.323 e. The van der Waals surface area contributed by atoms with Gasteiger partial charge in [0.05, 0.1) is 12.3 Å². The molecule has 1 unspecified atom stereocenters. The number of ether oxygens (including phenoxy) is 2.